The van der Waals surface area contributed by atoms with Gasteiger partial charge in [0.05, 0.1) is 16.2 Å². The van der Waals surface area contributed by atoms with E-state index in [0.29, 0.717) is 15.7 Å². The number of hydrogen-bond acceptors (Lipinski definition) is 4. The molecule has 0 aliphatic carbocycles. The van der Waals surface area contributed by atoms with Crippen molar-refractivity contribution >= 4 is 21.6 Å². The van der Waals surface area contributed by atoms with Gasteiger partial charge in [-0.2, -0.15) is 0 Å². The van der Waals surface area contributed by atoms with Gasteiger partial charge in [0.25, 0.3) is 11.2 Å². The molecule has 0 saturated heterocycles. The summed E-state index contributed by atoms with van der Waals surface area (Å²) in [6, 6.07) is 6.18. The largest absolute Gasteiger partial charge is 0.305 e. The zero-order valence-electron chi connectivity index (χ0n) is 10.9. The summed E-state index contributed by atoms with van der Waals surface area (Å²) >= 11 is 3.19. The van der Waals surface area contributed by atoms with Crippen LogP contribution >= 0.6 is 15.9 Å². The molecular formula is C13H12BrN3O3. The molecule has 0 aliphatic rings. The Morgan fingerprint density at radius 1 is 1.35 bits per heavy atom. The molecule has 6 nitrogen and oxygen atoms in total. The standard InChI is InChI=1S/C13H12BrN3O3/c1-7(2)11-10(14)13(18)16-12(15-11)8-5-3-4-6-9(8)17(19)20/h3-7H,1-2H3,(H,15,16,18). The van der Waals surface area contributed by atoms with E-state index in [-0.39, 0.29) is 23.0 Å². The maximum absolute atomic E-state index is 11.9. The topological polar surface area (TPSA) is 88.9 Å². The van der Waals surface area contributed by atoms with Gasteiger partial charge >= 0.3 is 0 Å². The summed E-state index contributed by atoms with van der Waals surface area (Å²) in [7, 11) is 0. The van der Waals surface area contributed by atoms with Gasteiger partial charge < -0.3 is 4.98 Å². The van der Waals surface area contributed by atoms with Crippen LogP contribution < -0.4 is 5.56 Å². The van der Waals surface area contributed by atoms with Crippen molar-refractivity contribution in [2.24, 2.45) is 0 Å². The highest BCUT2D eigenvalue weighted by Gasteiger charge is 2.19. The van der Waals surface area contributed by atoms with Crippen molar-refractivity contribution in [2.45, 2.75) is 19.8 Å². The Hall–Kier alpha value is -2.02. The monoisotopic (exact) mass is 337 g/mol. The van der Waals surface area contributed by atoms with Crippen molar-refractivity contribution in [1.82, 2.24) is 9.97 Å². The molecule has 0 unspecified atom stereocenters. The molecule has 1 heterocycles. The van der Waals surface area contributed by atoms with Crippen molar-refractivity contribution in [1.29, 1.82) is 0 Å². The van der Waals surface area contributed by atoms with Crippen molar-refractivity contribution in [3.05, 3.63) is 54.9 Å². The third kappa shape index (κ3) is 2.62. The molecule has 0 fully saturated rings. The van der Waals surface area contributed by atoms with E-state index in [9.17, 15) is 14.9 Å². The maximum Gasteiger partial charge on any atom is 0.280 e. The van der Waals surface area contributed by atoms with Crippen LogP contribution in [0.5, 0.6) is 0 Å². The van der Waals surface area contributed by atoms with Crippen LogP contribution in [0.3, 0.4) is 0 Å². The molecule has 0 radical (unpaired) electrons. The number of benzene rings is 1. The number of aromatic nitrogens is 2. The van der Waals surface area contributed by atoms with Gasteiger partial charge in [0.15, 0.2) is 0 Å². The Labute approximate surface area is 123 Å². The quantitative estimate of drug-likeness (QED) is 0.687. The number of hydrogen-bond donors (Lipinski definition) is 1. The minimum Gasteiger partial charge on any atom is -0.305 e. The van der Waals surface area contributed by atoms with E-state index in [1.165, 1.54) is 6.07 Å². The van der Waals surface area contributed by atoms with E-state index in [1.807, 2.05) is 13.8 Å². The molecule has 7 heteroatoms. The summed E-state index contributed by atoms with van der Waals surface area (Å²) in [6.07, 6.45) is 0. The second-order valence-electron chi connectivity index (χ2n) is 4.54. The average Bonchev–Trinajstić information content (AvgIpc) is 2.41. The van der Waals surface area contributed by atoms with Crippen LogP contribution in [-0.2, 0) is 0 Å². The predicted molar refractivity (Wildman–Crippen MR) is 78.7 cm³/mol. The molecule has 1 aromatic heterocycles. The highest BCUT2D eigenvalue weighted by Crippen LogP contribution is 2.28. The maximum atomic E-state index is 11.9. The Kier molecular flexibility index (Phi) is 3.99. The van der Waals surface area contributed by atoms with Gasteiger partial charge in [-0.25, -0.2) is 4.98 Å². The van der Waals surface area contributed by atoms with Crippen LogP contribution in [0.4, 0.5) is 5.69 Å². The number of H-pyrrole nitrogens is 1. The molecule has 0 bridgehead atoms. The molecule has 0 amide bonds. The van der Waals surface area contributed by atoms with Crippen LogP contribution in [0.25, 0.3) is 11.4 Å². The van der Waals surface area contributed by atoms with Crippen LogP contribution in [0.15, 0.2) is 33.5 Å². The van der Waals surface area contributed by atoms with Crippen molar-refractivity contribution in [3.8, 4) is 11.4 Å². The van der Waals surface area contributed by atoms with Gasteiger partial charge in [-0.15, -0.1) is 0 Å². The van der Waals surface area contributed by atoms with E-state index < -0.39 is 4.92 Å². The van der Waals surface area contributed by atoms with Crippen LogP contribution in [0.1, 0.15) is 25.5 Å². The fourth-order valence-electron chi connectivity index (χ4n) is 1.82. The molecule has 2 rings (SSSR count). The number of nitro groups is 1. The summed E-state index contributed by atoms with van der Waals surface area (Å²) in [4.78, 5) is 29.4. The Balaban J connectivity index is 2.71. The number of halogens is 1. The highest BCUT2D eigenvalue weighted by atomic mass is 79.9. The molecule has 2 aromatic rings. The first-order chi connectivity index (χ1) is 9.41. The lowest BCUT2D eigenvalue weighted by molar-refractivity contribution is -0.384. The first-order valence-corrected chi connectivity index (χ1v) is 6.74. The SMILES string of the molecule is CC(C)c1nc(-c2ccccc2[N+](=O)[O-])[nH]c(=O)c1Br. The molecule has 1 N–H and O–H groups in total. The molecule has 0 aliphatic heterocycles. The molecule has 0 atom stereocenters. The smallest absolute Gasteiger partial charge is 0.280 e. The predicted octanol–water partition coefficient (Wildman–Crippen LogP) is 3.23. The fourth-order valence-corrected chi connectivity index (χ4v) is 2.47. The molecule has 1 aromatic carbocycles. The van der Waals surface area contributed by atoms with E-state index in [4.69, 9.17) is 0 Å². The molecule has 0 spiro atoms. The Morgan fingerprint density at radius 2 is 2.00 bits per heavy atom. The second kappa shape index (κ2) is 5.54. The van der Waals surface area contributed by atoms with E-state index in [0.717, 1.165) is 0 Å². The zero-order chi connectivity index (χ0) is 14.9. The number of nitro benzene ring substituents is 1. The number of para-hydroxylation sites is 1. The summed E-state index contributed by atoms with van der Waals surface area (Å²) in [6.45, 7) is 3.80. The third-order valence-electron chi connectivity index (χ3n) is 2.79. The first kappa shape index (κ1) is 14.4. The molecule has 104 valence electrons. The van der Waals surface area contributed by atoms with Crippen molar-refractivity contribution in [3.63, 3.8) is 0 Å². The Bertz CT molecular complexity index is 725. The molecular weight excluding hydrogens is 326 g/mol. The first-order valence-electron chi connectivity index (χ1n) is 5.95. The van der Waals surface area contributed by atoms with Crippen LogP contribution in [0, 0.1) is 10.1 Å². The fraction of sp³-hybridized carbons (Fsp3) is 0.231. The van der Waals surface area contributed by atoms with Gasteiger partial charge in [-0.1, -0.05) is 26.0 Å². The number of aromatic amines is 1. The van der Waals surface area contributed by atoms with E-state index in [1.54, 1.807) is 18.2 Å². The normalized spacial score (nSPS) is 10.8. The Morgan fingerprint density at radius 3 is 2.60 bits per heavy atom. The third-order valence-corrected chi connectivity index (χ3v) is 3.56. The minimum atomic E-state index is -0.494. The molecule has 0 saturated carbocycles. The summed E-state index contributed by atoms with van der Waals surface area (Å²) in [5.41, 5.74) is 0.426. The summed E-state index contributed by atoms with van der Waals surface area (Å²) < 4.78 is 0.356. The van der Waals surface area contributed by atoms with Crippen LogP contribution in [0.2, 0.25) is 0 Å². The zero-order valence-corrected chi connectivity index (χ0v) is 12.5. The number of nitrogens with one attached hydrogen (secondary N) is 1. The van der Waals surface area contributed by atoms with Crippen molar-refractivity contribution in [2.75, 3.05) is 0 Å². The summed E-state index contributed by atoms with van der Waals surface area (Å²) in [5, 5.41) is 11.0. The lowest BCUT2D eigenvalue weighted by Gasteiger charge is -2.09. The number of rotatable bonds is 3. The van der Waals surface area contributed by atoms with Gasteiger partial charge in [0, 0.05) is 6.07 Å². The van der Waals surface area contributed by atoms with Crippen molar-refractivity contribution < 1.29 is 4.92 Å². The van der Waals surface area contributed by atoms with Gasteiger partial charge in [0.2, 0.25) is 0 Å². The molecule has 20 heavy (non-hydrogen) atoms. The van der Waals surface area contributed by atoms with Gasteiger partial charge in [0.1, 0.15) is 10.3 Å². The van der Waals surface area contributed by atoms with Gasteiger partial charge in [-0.05, 0) is 27.9 Å². The van der Waals surface area contributed by atoms with E-state index in [2.05, 4.69) is 25.9 Å². The average molecular weight is 338 g/mol. The second-order valence-corrected chi connectivity index (χ2v) is 5.34. The minimum absolute atomic E-state index is 0.0215. The lowest BCUT2D eigenvalue weighted by atomic mass is 10.1. The highest BCUT2D eigenvalue weighted by molar-refractivity contribution is 9.10. The van der Waals surface area contributed by atoms with Crippen LogP contribution in [-0.4, -0.2) is 14.9 Å². The van der Waals surface area contributed by atoms with Gasteiger partial charge in [-0.3, -0.25) is 14.9 Å². The summed E-state index contributed by atoms with van der Waals surface area (Å²) in [5.74, 6) is 0.224. The number of nitrogens with zero attached hydrogens (tertiary/aromatic N) is 2. The van der Waals surface area contributed by atoms with E-state index >= 15 is 0 Å². The lowest BCUT2D eigenvalue weighted by Crippen LogP contribution is -2.14.